The minimum atomic E-state index is -1.60. The molecule has 0 saturated carbocycles. The molecular formula is C19H28Cl2Ti-2. The van der Waals surface area contributed by atoms with E-state index in [0.29, 0.717) is 0 Å². The summed E-state index contributed by atoms with van der Waals surface area (Å²) >= 11 is -1.60. The van der Waals surface area contributed by atoms with E-state index in [1.807, 2.05) is 13.8 Å². The molecule has 0 aromatic heterocycles. The van der Waals surface area contributed by atoms with Crippen LogP contribution in [0.4, 0.5) is 0 Å². The van der Waals surface area contributed by atoms with Crippen LogP contribution >= 0.6 is 18.6 Å². The van der Waals surface area contributed by atoms with E-state index in [4.69, 9.17) is 18.6 Å². The molecule has 0 radical (unpaired) electrons. The molecule has 0 atom stereocenters. The molecule has 2 rings (SSSR count). The molecule has 0 heterocycles. The van der Waals surface area contributed by atoms with Gasteiger partial charge in [0.1, 0.15) is 0 Å². The van der Waals surface area contributed by atoms with E-state index in [1.165, 1.54) is 26.1 Å². The number of halogens is 2. The first-order valence-corrected chi connectivity index (χ1v) is 12.8. The van der Waals surface area contributed by atoms with Crippen LogP contribution in [0.3, 0.4) is 0 Å². The van der Waals surface area contributed by atoms with E-state index in [9.17, 15) is 0 Å². The maximum atomic E-state index is 5.51. The number of aryl methyl sites for hydroxylation is 4. The Kier molecular flexibility index (Phi) is 12.2. The van der Waals surface area contributed by atoms with Crippen molar-refractivity contribution in [3.8, 4) is 0 Å². The summed E-state index contributed by atoms with van der Waals surface area (Å²) < 4.78 is 1.21. The van der Waals surface area contributed by atoms with Crippen molar-refractivity contribution in [3.05, 3.63) is 58.7 Å². The summed E-state index contributed by atoms with van der Waals surface area (Å²) in [5, 5.41) is 0. The second kappa shape index (κ2) is 12.3. The van der Waals surface area contributed by atoms with Gasteiger partial charge in [-0.3, -0.25) is 0 Å². The fourth-order valence-electron chi connectivity index (χ4n) is 1.69. The molecule has 0 fully saturated rings. The Balaban J connectivity index is 0.000000306. The van der Waals surface area contributed by atoms with E-state index >= 15 is 0 Å². The average Bonchev–Trinajstić information content (AvgIpc) is 3.08. The van der Waals surface area contributed by atoms with E-state index in [-0.39, 0.29) is 0 Å². The fourth-order valence-corrected chi connectivity index (χ4v) is 1.69. The van der Waals surface area contributed by atoms with Crippen molar-refractivity contribution in [3.63, 3.8) is 0 Å². The third-order valence-electron chi connectivity index (χ3n) is 3.14. The van der Waals surface area contributed by atoms with Crippen LogP contribution in [0, 0.1) is 13.8 Å². The molecule has 0 aliphatic rings. The molecule has 0 bridgehead atoms. The molecule has 22 heavy (non-hydrogen) atoms. The SMILES string of the molecule is CCc1cc(C)c[cH-]1.CCc1cc(C)c[cH-]1.C[C](C)=[Ti]([Cl])[Cl]. The van der Waals surface area contributed by atoms with Gasteiger partial charge in [0.25, 0.3) is 0 Å². The first-order valence-electron chi connectivity index (χ1n) is 7.73. The molecule has 3 heteroatoms. The minimum absolute atomic E-state index is 1.16. The van der Waals surface area contributed by atoms with Crippen molar-refractivity contribution in [2.45, 2.75) is 54.4 Å². The topological polar surface area (TPSA) is 0 Å². The normalized spacial score (nSPS) is 9.27. The Morgan fingerprint density at radius 3 is 1.32 bits per heavy atom. The van der Waals surface area contributed by atoms with Crippen molar-refractivity contribution in [2.75, 3.05) is 0 Å². The number of hydrogen-bond acceptors (Lipinski definition) is 0. The average molecular weight is 375 g/mol. The van der Waals surface area contributed by atoms with E-state index in [1.54, 1.807) is 0 Å². The third kappa shape index (κ3) is 10.6. The predicted molar refractivity (Wildman–Crippen MR) is 100 cm³/mol. The molecule has 0 amide bonds. The van der Waals surface area contributed by atoms with Crippen LogP contribution in [-0.4, -0.2) is 3.81 Å². The zero-order valence-electron chi connectivity index (χ0n) is 14.6. The number of hydrogen-bond donors (Lipinski definition) is 0. The van der Waals surface area contributed by atoms with Gasteiger partial charge in [-0.1, -0.05) is 40.5 Å². The summed E-state index contributed by atoms with van der Waals surface area (Å²) in [6.45, 7) is 12.5. The van der Waals surface area contributed by atoms with E-state index < -0.39 is 15.3 Å². The molecule has 2 aromatic carbocycles. The molecule has 124 valence electrons. The maximum absolute atomic E-state index is 5.51. The van der Waals surface area contributed by atoms with Crippen molar-refractivity contribution in [1.29, 1.82) is 0 Å². The van der Waals surface area contributed by atoms with Gasteiger partial charge in [-0.2, -0.15) is 35.4 Å². The quantitative estimate of drug-likeness (QED) is 0.406. The Bertz CT molecular complexity index is 503. The van der Waals surface area contributed by atoms with Crippen molar-refractivity contribution in [2.24, 2.45) is 0 Å². The molecule has 0 N–H and O–H groups in total. The van der Waals surface area contributed by atoms with Gasteiger partial charge >= 0.3 is 51.6 Å². The number of rotatable bonds is 2. The van der Waals surface area contributed by atoms with Gasteiger partial charge in [-0.25, -0.2) is 23.3 Å². The molecule has 0 saturated heterocycles. The zero-order valence-corrected chi connectivity index (χ0v) is 17.7. The standard InChI is InChI=1S/2C8H11.C3H6.2ClH.Ti/c2*1-3-8-5-4-7(2)6-8;1-3-2;;;/h2*4-6H,3H2,1-2H3;1-2H3;2*1H;/q2*-1;;;;+2/p-2. The van der Waals surface area contributed by atoms with Crippen LogP contribution in [0.1, 0.15) is 49.9 Å². The van der Waals surface area contributed by atoms with E-state index in [0.717, 1.165) is 12.8 Å². The summed E-state index contributed by atoms with van der Waals surface area (Å²) in [5.41, 5.74) is 5.65. The summed E-state index contributed by atoms with van der Waals surface area (Å²) in [5.74, 6) is 0. The predicted octanol–water partition coefficient (Wildman–Crippen LogP) is 6.68. The molecule has 2 aromatic rings. The summed E-state index contributed by atoms with van der Waals surface area (Å²) in [6.07, 6.45) is 2.32. The molecule has 0 aliphatic heterocycles. The van der Waals surface area contributed by atoms with Crippen LogP contribution in [0.5, 0.6) is 0 Å². The van der Waals surface area contributed by atoms with Crippen LogP contribution in [0.15, 0.2) is 36.4 Å². The van der Waals surface area contributed by atoms with Crippen LogP contribution in [0.2, 0.25) is 0 Å². The van der Waals surface area contributed by atoms with Crippen LogP contribution in [-0.2, 0) is 28.1 Å². The monoisotopic (exact) mass is 374 g/mol. The Labute approximate surface area is 150 Å². The molecule has 0 nitrogen and oxygen atoms in total. The molecule has 0 aliphatic carbocycles. The Hall–Kier alpha value is -0.136. The molecular weight excluding hydrogens is 347 g/mol. The zero-order chi connectivity index (χ0) is 17.1. The van der Waals surface area contributed by atoms with E-state index in [2.05, 4.69) is 64.1 Å². The summed E-state index contributed by atoms with van der Waals surface area (Å²) in [6, 6.07) is 13.1. The first-order chi connectivity index (χ1) is 10.3. The second-order valence-corrected chi connectivity index (χ2v) is 11.9. The van der Waals surface area contributed by atoms with Crippen molar-refractivity contribution in [1.82, 2.24) is 0 Å². The van der Waals surface area contributed by atoms with Crippen LogP contribution in [0.25, 0.3) is 0 Å². The fraction of sp³-hybridized carbons (Fsp3) is 0.421. The van der Waals surface area contributed by atoms with Gasteiger partial charge in [-0.15, -0.1) is 0 Å². The molecule has 0 spiro atoms. The van der Waals surface area contributed by atoms with Gasteiger partial charge in [0.15, 0.2) is 0 Å². The van der Waals surface area contributed by atoms with Gasteiger partial charge in [0.2, 0.25) is 0 Å². The second-order valence-electron chi connectivity index (χ2n) is 5.56. The van der Waals surface area contributed by atoms with Gasteiger partial charge in [-0.05, 0) is 0 Å². The Morgan fingerprint density at radius 1 is 0.909 bits per heavy atom. The summed E-state index contributed by atoms with van der Waals surface area (Å²) in [7, 11) is 11.0. The van der Waals surface area contributed by atoms with Crippen LogP contribution < -0.4 is 0 Å². The summed E-state index contributed by atoms with van der Waals surface area (Å²) in [4.78, 5) is 0. The third-order valence-corrected chi connectivity index (χ3v) is 7.44. The van der Waals surface area contributed by atoms with Gasteiger partial charge < -0.3 is 0 Å². The molecule has 0 unspecified atom stereocenters. The Morgan fingerprint density at radius 2 is 1.23 bits per heavy atom. The van der Waals surface area contributed by atoms with Gasteiger partial charge in [0, 0.05) is 0 Å². The first kappa shape index (κ1) is 21.9. The van der Waals surface area contributed by atoms with Crippen molar-refractivity contribution >= 4 is 22.4 Å². The van der Waals surface area contributed by atoms with Gasteiger partial charge in [0.05, 0.1) is 0 Å². The van der Waals surface area contributed by atoms with Crippen molar-refractivity contribution < 1.29 is 15.3 Å².